The first-order valence-corrected chi connectivity index (χ1v) is 11.2. The Morgan fingerprint density at radius 1 is 1.39 bits per heavy atom. The summed E-state index contributed by atoms with van der Waals surface area (Å²) in [7, 11) is 1.77. The number of quaternary nitrogens is 1. The average Bonchev–Trinajstić information content (AvgIpc) is 3.07. The van der Waals surface area contributed by atoms with Gasteiger partial charge < -0.3 is 9.64 Å². The Morgan fingerprint density at radius 2 is 2.21 bits per heavy atom. The zero-order chi connectivity index (χ0) is 19.7. The maximum atomic E-state index is 13.6. The van der Waals surface area contributed by atoms with E-state index in [2.05, 4.69) is 6.92 Å². The lowest BCUT2D eigenvalue weighted by Crippen LogP contribution is -3.11. The highest BCUT2D eigenvalue weighted by atomic mass is 32.2. The normalized spacial score (nSPS) is 16.3. The van der Waals surface area contributed by atoms with Crippen molar-refractivity contribution in [2.45, 2.75) is 25.0 Å². The van der Waals surface area contributed by atoms with Crippen LogP contribution in [0.1, 0.15) is 17.4 Å². The summed E-state index contributed by atoms with van der Waals surface area (Å²) in [4.78, 5) is 21.4. The molecule has 148 valence electrons. The van der Waals surface area contributed by atoms with Gasteiger partial charge in [-0.3, -0.25) is 9.36 Å². The van der Waals surface area contributed by atoms with Gasteiger partial charge in [-0.2, -0.15) is 0 Å². The quantitative estimate of drug-likeness (QED) is 0.378. The number of hydrogen-bond acceptors (Lipinski definition) is 5. The van der Waals surface area contributed by atoms with Gasteiger partial charge >= 0.3 is 0 Å². The van der Waals surface area contributed by atoms with E-state index in [-0.39, 0.29) is 17.1 Å². The molecular formula is C20H23FN3O2S2+. The summed E-state index contributed by atoms with van der Waals surface area (Å²) < 4.78 is 20.7. The lowest BCUT2D eigenvalue weighted by Gasteiger charge is -2.22. The van der Waals surface area contributed by atoms with Crippen molar-refractivity contribution in [3.63, 3.8) is 0 Å². The average molecular weight is 421 g/mol. The van der Waals surface area contributed by atoms with E-state index in [9.17, 15) is 9.18 Å². The van der Waals surface area contributed by atoms with Crippen molar-refractivity contribution in [2.75, 3.05) is 25.4 Å². The maximum absolute atomic E-state index is 13.6. The van der Waals surface area contributed by atoms with Crippen LogP contribution in [-0.2, 0) is 20.0 Å². The molecule has 1 atom stereocenters. The van der Waals surface area contributed by atoms with Crippen LogP contribution in [0.2, 0.25) is 0 Å². The molecule has 1 N–H and O–H groups in total. The largest absolute Gasteiger partial charge is 0.490 e. The highest BCUT2D eigenvalue weighted by molar-refractivity contribution is 7.99. The minimum absolute atomic E-state index is 0.0278. The Hall–Kier alpha value is -1.90. The summed E-state index contributed by atoms with van der Waals surface area (Å²) in [5, 5.41) is 1.47. The Kier molecular flexibility index (Phi) is 5.70. The van der Waals surface area contributed by atoms with Gasteiger partial charge in [0, 0.05) is 19.2 Å². The fraction of sp³-hybridized carbons (Fsp3) is 0.400. The second kappa shape index (κ2) is 8.23. The highest BCUT2D eigenvalue weighted by Gasteiger charge is 2.26. The first-order valence-electron chi connectivity index (χ1n) is 9.43. The second-order valence-corrected chi connectivity index (χ2v) is 9.00. The van der Waals surface area contributed by atoms with Crippen molar-refractivity contribution in [1.82, 2.24) is 9.55 Å². The summed E-state index contributed by atoms with van der Waals surface area (Å²) >= 11 is 3.11. The third-order valence-corrected chi connectivity index (χ3v) is 7.24. The Bertz CT molecular complexity index is 1060. The van der Waals surface area contributed by atoms with Crippen LogP contribution in [0.15, 0.2) is 34.2 Å². The molecule has 3 heterocycles. The van der Waals surface area contributed by atoms with E-state index in [1.54, 1.807) is 46.1 Å². The number of benzene rings is 1. The van der Waals surface area contributed by atoms with Crippen LogP contribution in [-0.4, -0.2) is 35.0 Å². The van der Waals surface area contributed by atoms with Crippen LogP contribution >= 0.6 is 23.1 Å². The SMILES string of the molecule is CC[NH+]1CCc2c(sc3nc(SCCOc4ccccc4F)n(C)c(=O)c23)C1. The Morgan fingerprint density at radius 3 is 3.00 bits per heavy atom. The number of fused-ring (bicyclic) bond motifs is 3. The lowest BCUT2D eigenvalue weighted by atomic mass is 10.1. The standard InChI is InChI=1S/C20H22FN3O2S2/c1-3-24-9-8-13-16(12-24)28-18-17(13)19(25)23(2)20(22-18)27-11-10-26-15-7-5-4-6-14(15)21/h4-7H,3,8-12H2,1-2H3/p+1. The molecule has 2 aromatic heterocycles. The molecular weight excluding hydrogens is 397 g/mol. The summed E-state index contributed by atoms with van der Waals surface area (Å²) in [6.45, 7) is 5.69. The minimum atomic E-state index is -0.369. The fourth-order valence-corrected chi connectivity index (χ4v) is 5.64. The van der Waals surface area contributed by atoms with E-state index in [1.165, 1.54) is 28.3 Å². The number of likely N-dealkylation sites (N-methyl/N-ethyl adjacent to an activating group) is 1. The zero-order valence-corrected chi connectivity index (χ0v) is 17.6. The molecule has 5 nitrogen and oxygen atoms in total. The van der Waals surface area contributed by atoms with Crippen molar-refractivity contribution in [3.8, 4) is 5.75 Å². The van der Waals surface area contributed by atoms with Gasteiger partial charge in [0.2, 0.25) is 0 Å². The van der Waals surface area contributed by atoms with E-state index in [1.807, 2.05) is 0 Å². The van der Waals surface area contributed by atoms with E-state index in [4.69, 9.17) is 9.72 Å². The first-order chi connectivity index (χ1) is 13.6. The first kappa shape index (κ1) is 19.4. The third-order valence-electron chi connectivity index (χ3n) is 5.12. The molecule has 1 aromatic carbocycles. The van der Waals surface area contributed by atoms with Crippen LogP contribution in [0.4, 0.5) is 4.39 Å². The Balaban J connectivity index is 1.51. The van der Waals surface area contributed by atoms with Crippen molar-refractivity contribution in [2.24, 2.45) is 7.05 Å². The molecule has 0 radical (unpaired) electrons. The van der Waals surface area contributed by atoms with Crippen LogP contribution in [0, 0.1) is 5.82 Å². The van der Waals surface area contributed by atoms with Gasteiger partial charge in [-0.05, 0) is 24.6 Å². The monoisotopic (exact) mass is 420 g/mol. The maximum Gasteiger partial charge on any atom is 0.262 e. The lowest BCUT2D eigenvalue weighted by molar-refractivity contribution is -0.913. The van der Waals surface area contributed by atoms with E-state index in [0.717, 1.165) is 36.3 Å². The Labute approximate surface area is 171 Å². The summed E-state index contributed by atoms with van der Waals surface area (Å²) in [5.41, 5.74) is 1.23. The molecule has 0 bridgehead atoms. The molecule has 0 amide bonds. The molecule has 0 saturated heterocycles. The number of halogens is 1. The van der Waals surface area contributed by atoms with Crippen LogP contribution in [0.3, 0.4) is 0 Å². The van der Waals surface area contributed by atoms with Gasteiger partial charge in [-0.15, -0.1) is 11.3 Å². The van der Waals surface area contributed by atoms with E-state index < -0.39 is 0 Å². The number of thiophene rings is 1. The van der Waals surface area contributed by atoms with Gasteiger partial charge in [-0.25, -0.2) is 9.37 Å². The molecule has 0 aliphatic carbocycles. The van der Waals surface area contributed by atoms with E-state index >= 15 is 0 Å². The smallest absolute Gasteiger partial charge is 0.262 e. The topological polar surface area (TPSA) is 48.6 Å². The van der Waals surface area contributed by atoms with Crippen molar-refractivity contribution in [3.05, 3.63) is 50.9 Å². The number of aromatic nitrogens is 2. The molecule has 28 heavy (non-hydrogen) atoms. The van der Waals surface area contributed by atoms with Crippen molar-refractivity contribution < 1.29 is 14.0 Å². The minimum Gasteiger partial charge on any atom is -0.490 e. The van der Waals surface area contributed by atoms with E-state index in [0.29, 0.717) is 17.5 Å². The molecule has 1 aliphatic heterocycles. The summed E-state index contributed by atoms with van der Waals surface area (Å²) in [5.74, 6) is 0.458. The van der Waals surface area contributed by atoms with Gasteiger partial charge in [0.25, 0.3) is 5.56 Å². The number of hydrogen-bond donors (Lipinski definition) is 1. The van der Waals surface area contributed by atoms with Crippen molar-refractivity contribution >= 4 is 33.3 Å². The number of thioether (sulfide) groups is 1. The van der Waals surface area contributed by atoms with Crippen LogP contribution in [0.5, 0.6) is 5.75 Å². The molecule has 0 saturated carbocycles. The van der Waals surface area contributed by atoms with Crippen LogP contribution < -0.4 is 15.2 Å². The predicted octanol–water partition coefficient (Wildman–Crippen LogP) is 2.27. The number of rotatable bonds is 6. The van der Waals surface area contributed by atoms with Crippen molar-refractivity contribution in [1.29, 1.82) is 0 Å². The second-order valence-electron chi connectivity index (χ2n) is 6.85. The molecule has 3 aromatic rings. The van der Waals surface area contributed by atoms with Crippen LogP contribution in [0.25, 0.3) is 10.2 Å². The summed E-state index contributed by atoms with van der Waals surface area (Å²) in [6.07, 6.45) is 0.943. The van der Waals surface area contributed by atoms with Gasteiger partial charge in [0.1, 0.15) is 11.4 Å². The molecule has 1 unspecified atom stereocenters. The number of para-hydroxylation sites is 1. The summed E-state index contributed by atoms with van der Waals surface area (Å²) in [6, 6.07) is 6.36. The van der Waals surface area contributed by atoms with Gasteiger partial charge in [0.05, 0.1) is 30.0 Å². The van der Waals surface area contributed by atoms with Gasteiger partial charge in [0.15, 0.2) is 16.7 Å². The predicted molar refractivity (Wildman–Crippen MR) is 111 cm³/mol. The fourth-order valence-electron chi connectivity index (χ4n) is 3.52. The highest BCUT2D eigenvalue weighted by Crippen LogP contribution is 2.30. The number of nitrogens with zero attached hydrogens (tertiary/aromatic N) is 2. The van der Waals surface area contributed by atoms with Gasteiger partial charge in [-0.1, -0.05) is 23.9 Å². The molecule has 0 fully saturated rings. The molecule has 1 aliphatic rings. The number of ether oxygens (including phenoxy) is 1. The third kappa shape index (κ3) is 3.68. The zero-order valence-electron chi connectivity index (χ0n) is 16.0. The molecule has 0 spiro atoms. The number of nitrogens with one attached hydrogen (secondary N) is 1. The molecule has 4 rings (SSSR count). The molecule has 8 heteroatoms.